The number of hydrogen-bond donors (Lipinski definition) is 1. The number of carbonyl (C=O) groups excluding carboxylic acids is 1. The van der Waals surface area contributed by atoms with Gasteiger partial charge in [0.05, 0.1) is 12.6 Å². The highest BCUT2D eigenvalue weighted by Gasteiger charge is 2.37. The molecule has 3 saturated heterocycles. The van der Waals surface area contributed by atoms with E-state index in [1.54, 1.807) is 0 Å². The third kappa shape index (κ3) is 3.58. The number of nitrogens with zero attached hydrogens (tertiary/aromatic N) is 2. The van der Waals surface area contributed by atoms with E-state index in [1.807, 2.05) is 24.5 Å². The average molecular weight is 430 g/mol. The number of aromatic nitrogens is 1. The van der Waals surface area contributed by atoms with Gasteiger partial charge >= 0.3 is 6.09 Å². The van der Waals surface area contributed by atoms with Gasteiger partial charge in [0.1, 0.15) is 11.9 Å². The number of alkyl carbamates (subject to hydrolysis) is 1. The van der Waals surface area contributed by atoms with E-state index in [-0.39, 0.29) is 18.2 Å². The molecule has 2 atom stereocenters. The summed E-state index contributed by atoms with van der Waals surface area (Å²) in [5.41, 5.74) is 3.13. The average Bonchev–Trinajstić information content (AvgIpc) is 2.84. The molecule has 6 nitrogen and oxygen atoms in total. The molecule has 0 aliphatic carbocycles. The summed E-state index contributed by atoms with van der Waals surface area (Å²) >= 11 is 0. The largest absolute Gasteiger partial charge is 0.493 e. The molecule has 2 bridgehead atoms. The molecule has 3 fully saturated rings. The van der Waals surface area contributed by atoms with Crippen LogP contribution in [0.4, 0.5) is 4.79 Å². The second kappa shape index (κ2) is 8.10. The van der Waals surface area contributed by atoms with E-state index in [4.69, 9.17) is 9.47 Å². The molecule has 0 radical (unpaired) electrons. The number of pyridine rings is 1. The first-order chi connectivity index (χ1) is 15.7. The summed E-state index contributed by atoms with van der Waals surface area (Å²) in [6, 6.07) is 14.4. The highest BCUT2D eigenvalue weighted by Crippen LogP contribution is 2.37. The fourth-order valence-electron chi connectivity index (χ4n) is 5.41. The molecule has 0 spiro atoms. The van der Waals surface area contributed by atoms with Gasteiger partial charge in [0.2, 0.25) is 0 Å². The SMILES string of the molecule is O=C(NC1CCOc2cc(-c3cncc4ccccc34)ccc21)O[C@H]1CN2CCC1CC2. The molecule has 32 heavy (non-hydrogen) atoms. The lowest BCUT2D eigenvalue weighted by molar-refractivity contribution is -0.0342. The van der Waals surface area contributed by atoms with Crippen LogP contribution in [0.5, 0.6) is 5.75 Å². The van der Waals surface area contributed by atoms with E-state index in [0.29, 0.717) is 12.5 Å². The third-order valence-electron chi connectivity index (χ3n) is 7.18. The minimum atomic E-state index is -0.316. The molecule has 5 heterocycles. The zero-order chi connectivity index (χ0) is 21.5. The normalized spacial score (nSPS) is 26.2. The van der Waals surface area contributed by atoms with Crippen molar-refractivity contribution in [1.82, 2.24) is 15.2 Å². The number of rotatable bonds is 3. The molecule has 1 unspecified atom stereocenters. The number of piperidine rings is 3. The summed E-state index contributed by atoms with van der Waals surface area (Å²) < 4.78 is 11.8. The van der Waals surface area contributed by atoms with Gasteiger partial charge in [-0.3, -0.25) is 9.88 Å². The molecule has 0 saturated carbocycles. The number of hydrogen-bond acceptors (Lipinski definition) is 5. The second-order valence-corrected chi connectivity index (χ2v) is 9.08. The van der Waals surface area contributed by atoms with Gasteiger partial charge in [-0.05, 0) is 48.9 Å². The molecule has 164 valence electrons. The summed E-state index contributed by atoms with van der Waals surface area (Å²) in [6.07, 6.45) is 6.47. The van der Waals surface area contributed by atoms with Gasteiger partial charge < -0.3 is 14.8 Å². The zero-order valence-corrected chi connectivity index (χ0v) is 18.0. The zero-order valence-electron chi connectivity index (χ0n) is 18.0. The Balaban J connectivity index is 1.21. The maximum Gasteiger partial charge on any atom is 0.407 e. The molecular formula is C26H27N3O3. The van der Waals surface area contributed by atoms with Gasteiger partial charge in [-0.25, -0.2) is 4.79 Å². The second-order valence-electron chi connectivity index (χ2n) is 9.08. The van der Waals surface area contributed by atoms with Gasteiger partial charge in [0.15, 0.2) is 0 Å². The highest BCUT2D eigenvalue weighted by atomic mass is 16.6. The van der Waals surface area contributed by atoms with Crippen LogP contribution in [0, 0.1) is 5.92 Å². The van der Waals surface area contributed by atoms with Crippen LogP contribution in [0.2, 0.25) is 0 Å². The first-order valence-electron chi connectivity index (χ1n) is 11.5. The smallest absolute Gasteiger partial charge is 0.407 e. The molecule has 4 aliphatic rings. The van der Waals surface area contributed by atoms with Gasteiger partial charge in [-0.1, -0.05) is 36.4 Å². The first kappa shape index (κ1) is 19.6. The van der Waals surface area contributed by atoms with Crippen molar-refractivity contribution in [2.45, 2.75) is 31.4 Å². The van der Waals surface area contributed by atoms with Crippen molar-refractivity contribution < 1.29 is 14.3 Å². The van der Waals surface area contributed by atoms with Crippen molar-refractivity contribution in [2.75, 3.05) is 26.2 Å². The van der Waals surface area contributed by atoms with Crippen LogP contribution in [0.15, 0.2) is 54.9 Å². The van der Waals surface area contributed by atoms with Crippen LogP contribution < -0.4 is 10.1 Å². The molecule has 2 aromatic carbocycles. The summed E-state index contributed by atoms with van der Waals surface area (Å²) in [4.78, 5) is 19.5. The van der Waals surface area contributed by atoms with Gasteiger partial charge in [-0.2, -0.15) is 0 Å². The number of amides is 1. The van der Waals surface area contributed by atoms with Crippen LogP contribution in [-0.2, 0) is 4.74 Å². The van der Waals surface area contributed by atoms with Crippen LogP contribution in [0.1, 0.15) is 30.9 Å². The number of ether oxygens (including phenoxy) is 2. The molecular weight excluding hydrogens is 402 g/mol. The maximum atomic E-state index is 12.7. The van der Waals surface area contributed by atoms with Crippen molar-refractivity contribution in [1.29, 1.82) is 0 Å². The fourth-order valence-corrected chi connectivity index (χ4v) is 5.41. The summed E-state index contributed by atoms with van der Waals surface area (Å²) in [7, 11) is 0. The summed E-state index contributed by atoms with van der Waals surface area (Å²) in [6.45, 7) is 3.70. The molecule has 3 aromatic rings. The molecule has 4 aliphatic heterocycles. The van der Waals surface area contributed by atoms with Crippen molar-refractivity contribution >= 4 is 16.9 Å². The van der Waals surface area contributed by atoms with E-state index >= 15 is 0 Å². The Labute approximate surface area is 187 Å². The van der Waals surface area contributed by atoms with Crippen LogP contribution in [-0.4, -0.2) is 48.3 Å². The third-order valence-corrected chi connectivity index (χ3v) is 7.18. The van der Waals surface area contributed by atoms with E-state index in [9.17, 15) is 4.79 Å². The molecule has 6 heteroatoms. The minimum absolute atomic E-state index is 0.0121. The van der Waals surface area contributed by atoms with Crippen molar-refractivity contribution in [3.63, 3.8) is 0 Å². The van der Waals surface area contributed by atoms with Gasteiger partial charge in [0.25, 0.3) is 0 Å². The monoisotopic (exact) mass is 429 g/mol. The summed E-state index contributed by atoms with van der Waals surface area (Å²) in [5.74, 6) is 1.32. The van der Waals surface area contributed by atoms with Crippen molar-refractivity contribution in [3.05, 3.63) is 60.4 Å². The molecule has 7 rings (SSSR count). The standard InChI is InChI=1S/C26H27N3O3/c30-26(32-25-16-29-10-7-17(25)8-11-29)28-23-9-12-31-24-13-18(5-6-21(23)24)22-15-27-14-19-3-1-2-4-20(19)22/h1-6,13-15,17,23,25H,7-12,16H2,(H,28,30)/t23?,25-/m0/s1. The highest BCUT2D eigenvalue weighted by molar-refractivity contribution is 5.95. The first-order valence-corrected chi connectivity index (χ1v) is 11.5. The molecule has 1 N–H and O–H groups in total. The number of benzene rings is 2. The number of carbonyl (C=O) groups is 1. The lowest BCUT2D eigenvalue weighted by Gasteiger charge is -2.44. The predicted octanol–water partition coefficient (Wildman–Crippen LogP) is 4.55. The van der Waals surface area contributed by atoms with Crippen molar-refractivity contribution in [3.8, 4) is 16.9 Å². The molecule has 1 aromatic heterocycles. The molecule has 1 amide bonds. The summed E-state index contributed by atoms with van der Waals surface area (Å²) in [5, 5.41) is 5.37. The van der Waals surface area contributed by atoms with Crippen molar-refractivity contribution in [2.24, 2.45) is 5.92 Å². The van der Waals surface area contributed by atoms with E-state index in [0.717, 1.165) is 72.1 Å². The predicted molar refractivity (Wildman–Crippen MR) is 123 cm³/mol. The van der Waals surface area contributed by atoms with Crippen LogP contribution >= 0.6 is 0 Å². The Morgan fingerprint density at radius 1 is 1.09 bits per heavy atom. The maximum absolute atomic E-state index is 12.7. The van der Waals surface area contributed by atoms with Gasteiger partial charge in [0, 0.05) is 41.9 Å². The lowest BCUT2D eigenvalue weighted by atomic mass is 9.86. The van der Waals surface area contributed by atoms with E-state index in [2.05, 4.69) is 45.5 Å². The Bertz CT molecular complexity index is 1150. The van der Waals surface area contributed by atoms with E-state index < -0.39 is 0 Å². The van der Waals surface area contributed by atoms with E-state index in [1.165, 1.54) is 0 Å². The topological polar surface area (TPSA) is 63.7 Å². The lowest BCUT2D eigenvalue weighted by Crippen LogP contribution is -2.52. The van der Waals surface area contributed by atoms with Gasteiger partial charge in [-0.15, -0.1) is 0 Å². The minimum Gasteiger partial charge on any atom is -0.493 e. The van der Waals surface area contributed by atoms with Crippen LogP contribution in [0.25, 0.3) is 21.9 Å². The van der Waals surface area contributed by atoms with Crippen LogP contribution in [0.3, 0.4) is 0 Å². The number of nitrogens with one attached hydrogen (secondary N) is 1. The Morgan fingerprint density at radius 2 is 1.97 bits per heavy atom. The fraction of sp³-hybridized carbons (Fsp3) is 0.385. The quantitative estimate of drug-likeness (QED) is 0.662. The Morgan fingerprint density at radius 3 is 2.81 bits per heavy atom. The Kier molecular flexibility index (Phi) is 4.95. The Hall–Kier alpha value is -3.12. The number of fused-ring (bicyclic) bond motifs is 5.